The molecule has 0 radical (unpaired) electrons. The SMILES string of the molecule is Cc1cccc(C2=CC(O)=C(c3ccc4ccc5ccc(C6=C(O)C=C(c7cccc(C)n7)CO6)nc5c4n3)OC2)n1. The van der Waals surface area contributed by atoms with Gasteiger partial charge in [-0.15, -0.1) is 0 Å². The predicted molar refractivity (Wildman–Crippen MR) is 162 cm³/mol. The molecule has 5 aromatic rings. The fourth-order valence-electron chi connectivity index (χ4n) is 5.16. The zero-order valence-electron chi connectivity index (χ0n) is 23.0. The molecule has 206 valence electrons. The van der Waals surface area contributed by atoms with Crippen molar-refractivity contribution in [2.75, 3.05) is 13.2 Å². The van der Waals surface area contributed by atoms with E-state index in [0.29, 0.717) is 33.9 Å². The highest BCUT2D eigenvalue weighted by Crippen LogP contribution is 2.33. The Balaban J connectivity index is 1.28. The largest absolute Gasteiger partial charge is 0.504 e. The number of fused-ring (bicyclic) bond motifs is 3. The maximum Gasteiger partial charge on any atom is 0.187 e. The molecule has 2 aliphatic rings. The van der Waals surface area contributed by atoms with Crippen LogP contribution in [0.15, 0.2) is 96.5 Å². The minimum absolute atomic E-state index is 0.0170. The lowest BCUT2D eigenvalue weighted by molar-refractivity contribution is 0.292. The van der Waals surface area contributed by atoms with E-state index < -0.39 is 0 Å². The van der Waals surface area contributed by atoms with Gasteiger partial charge in [0, 0.05) is 33.3 Å². The van der Waals surface area contributed by atoms with Crippen molar-refractivity contribution in [3.8, 4) is 0 Å². The zero-order chi connectivity index (χ0) is 28.8. The number of benzene rings is 1. The van der Waals surface area contributed by atoms with E-state index in [1.165, 1.54) is 0 Å². The van der Waals surface area contributed by atoms with E-state index in [1.807, 2.05) is 86.6 Å². The molecule has 8 heteroatoms. The second kappa shape index (κ2) is 10.2. The summed E-state index contributed by atoms with van der Waals surface area (Å²) in [5.74, 6) is 0.549. The molecule has 0 saturated heterocycles. The molecule has 6 heterocycles. The highest BCUT2D eigenvalue weighted by Gasteiger charge is 2.22. The van der Waals surface area contributed by atoms with Crippen molar-refractivity contribution < 1.29 is 19.7 Å². The molecular formula is C34H26N4O4. The molecule has 0 fully saturated rings. The van der Waals surface area contributed by atoms with E-state index in [1.54, 1.807) is 12.2 Å². The molecule has 8 nitrogen and oxygen atoms in total. The molecule has 0 atom stereocenters. The van der Waals surface area contributed by atoms with E-state index in [0.717, 1.165) is 44.7 Å². The van der Waals surface area contributed by atoms with Crippen LogP contribution in [0.1, 0.15) is 34.2 Å². The summed E-state index contributed by atoms with van der Waals surface area (Å²) in [6.07, 6.45) is 3.35. The third-order valence-electron chi connectivity index (χ3n) is 7.25. The number of aliphatic hydroxyl groups excluding tert-OH is 2. The van der Waals surface area contributed by atoms with Crippen molar-refractivity contribution in [1.29, 1.82) is 0 Å². The van der Waals surface area contributed by atoms with Crippen LogP contribution >= 0.6 is 0 Å². The second-order valence-electron chi connectivity index (χ2n) is 10.3. The summed E-state index contributed by atoms with van der Waals surface area (Å²) in [7, 11) is 0. The molecule has 42 heavy (non-hydrogen) atoms. The highest BCUT2D eigenvalue weighted by atomic mass is 16.5. The fourth-order valence-corrected chi connectivity index (χ4v) is 5.16. The number of ether oxygens (including phenoxy) is 2. The summed E-state index contributed by atoms with van der Waals surface area (Å²) in [6.45, 7) is 4.36. The average Bonchev–Trinajstić information content (AvgIpc) is 3.00. The first-order valence-electron chi connectivity index (χ1n) is 13.6. The minimum atomic E-state index is -0.0170. The molecule has 7 rings (SSSR count). The van der Waals surface area contributed by atoms with Gasteiger partial charge in [0.25, 0.3) is 0 Å². The highest BCUT2D eigenvalue weighted by molar-refractivity contribution is 6.03. The molecule has 0 spiro atoms. The van der Waals surface area contributed by atoms with Gasteiger partial charge in [-0.3, -0.25) is 9.97 Å². The number of allylic oxidation sites excluding steroid dienone is 2. The summed E-state index contributed by atoms with van der Waals surface area (Å²) >= 11 is 0. The lowest BCUT2D eigenvalue weighted by Crippen LogP contribution is -2.09. The summed E-state index contributed by atoms with van der Waals surface area (Å²) in [4.78, 5) is 18.8. The number of rotatable bonds is 4. The lowest BCUT2D eigenvalue weighted by Gasteiger charge is -2.19. The molecule has 2 aliphatic heterocycles. The van der Waals surface area contributed by atoms with E-state index in [2.05, 4.69) is 9.97 Å². The van der Waals surface area contributed by atoms with Gasteiger partial charge in [-0.25, -0.2) is 9.97 Å². The van der Waals surface area contributed by atoms with Gasteiger partial charge in [0.2, 0.25) is 0 Å². The average molecular weight is 555 g/mol. The van der Waals surface area contributed by atoms with Crippen LogP contribution in [0.4, 0.5) is 0 Å². The topological polar surface area (TPSA) is 110 Å². The van der Waals surface area contributed by atoms with E-state index in [4.69, 9.17) is 19.4 Å². The standard InChI is InChI=1S/C34H26N4O4/c1-19-5-3-7-25(35-19)23-15-29(39)33(41-17-23)27-13-11-21-9-10-22-12-14-28(38-32(22)31(21)37-27)34-30(40)16-24(18-42-34)26-8-4-6-20(2)36-26/h3-16,39-40H,17-18H2,1-2H3. The van der Waals surface area contributed by atoms with Crippen molar-refractivity contribution in [2.24, 2.45) is 0 Å². The van der Waals surface area contributed by atoms with Crippen molar-refractivity contribution in [1.82, 2.24) is 19.9 Å². The summed E-state index contributed by atoms with van der Waals surface area (Å²) in [6, 6.07) is 22.9. The maximum absolute atomic E-state index is 10.9. The number of nitrogens with zero attached hydrogens (tertiary/aromatic N) is 4. The Morgan fingerprint density at radius 2 is 0.952 bits per heavy atom. The van der Waals surface area contributed by atoms with Crippen LogP contribution in [-0.2, 0) is 9.47 Å². The first-order valence-corrected chi connectivity index (χ1v) is 13.6. The fraction of sp³-hybridized carbons (Fsp3) is 0.118. The van der Waals surface area contributed by atoms with E-state index in [-0.39, 0.29) is 24.7 Å². The molecule has 0 amide bonds. The van der Waals surface area contributed by atoms with Crippen LogP contribution in [0.2, 0.25) is 0 Å². The van der Waals surface area contributed by atoms with E-state index in [9.17, 15) is 10.2 Å². The lowest BCUT2D eigenvalue weighted by atomic mass is 10.1. The monoisotopic (exact) mass is 554 g/mol. The maximum atomic E-state index is 10.9. The van der Waals surface area contributed by atoms with E-state index >= 15 is 0 Å². The van der Waals surface area contributed by atoms with Crippen molar-refractivity contribution >= 4 is 44.5 Å². The molecule has 0 aliphatic carbocycles. The molecule has 0 saturated carbocycles. The number of hydrogen-bond donors (Lipinski definition) is 2. The van der Waals surface area contributed by atoms with Crippen LogP contribution in [0.3, 0.4) is 0 Å². The van der Waals surface area contributed by atoms with Crippen molar-refractivity contribution in [2.45, 2.75) is 13.8 Å². The Bertz CT molecular complexity index is 1890. The molecule has 0 bridgehead atoms. The second-order valence-corrected chi connectivity index (χ2v) is 10.3. The van der Waals surface area contributed by atoms with Crippen molar-refractivity contribution in [3.63, 3.8) is 0 Å². The first-order chi connectivity index (χ1) is 20.4. The molecular weight excluding hydrogens is 528 g/mol. The molecule has 2 N–H and O–H groups in total. The van der Waals surface area contributed by atoms with Crippen LogP contribution in [-0.4, -0.2) is 43.4 Å². The van der Waals surface area contributed by atoms with Crippen molar-refractivity contribution in [3.05, 3.63) is 131 Å². The molecule has 4 aromatic heterocycles. The quantitative estimate of drug-likeness (QED) is 0.232. The minimum Gasteiger partial charge on any atom is -0.504 e. The van der Waals surface area contributed by atoms with Gasteiger partial charge in [0.15, 0.2) is 23.0 Å². The Morgan fingerprint density at radius 1 is 0.524 bits per heavy atom. The van der Waals surface area contributed by atoms with Crippen LogP contribution in [0.5, 0.6) is 0 Å². The van der Waals surface area contributed by atoms with Gasteiger partial charge in [0.1, 0.15) is 24.6 Å². The summed E-state index contributed by atoms with van der Waals surface area (Å²) < 4.78 is 12.0. The third-order valence-corrected chi connectivity index (χ3v) is 7.25. The number of aromatic nitrogens is 4. The van der Waals surface area contributed by atoms with Crippen LogP contribution in [0, 0.1) is 13.8 Å². The summed E-state index contributed by atoms with van der Waals surface area (Å²) in [5.41, 5.74) is 7.12. The Morgan fingerprint density at radius 3 is 1.36 bits per heavy atom. The number of hydrogen-bond acceptors (Lipinski definition) is 8. The van der Waals surface area contributed by atoms with Gasteiger partial charge in [0.05, 0.1) is 22.4 Å². The van der Waals surface area contributed by atoms with Gasteiger partial charge >= 0.3 is 0 Å². The number of aliphatic hydroxyl groups is 2. The Hall–Kier alpha value is -5.50. The third kappa shape index (κ3) is 4.62. The number of pyridine rings is 4. The Kier molecular flexibility index (Phi) is 6.16. The van der Waals surface area contributed by atoms with Gasteiger partial charge in [-0.05, 0) is 62.4 Å². The van der Waals surface area contributed by atoms with Gasteiger partial charge < -0.3 is 19.7 Å². The number of aryl methyl sites for hydroxylation is 2. The smallest absolute Gasteiger partial charge is 0.187 e. The Labute approximate surface area is 241 Å². The zero-order valence-corrected chi connectivity index (χ0v) is 23.0. The predicted octanol–water partition coefficient (Wildman–Crippen LogP) is 6.87. The normalized spacial score (nSPS) is 15.4. The summed E-state index contributed by atoms with van der Waals surface area (Å²) in [5, 5.41) is 23.6. The molecule has 1 aromatic carbocycles. The van der Waals surface area contributed by atoms with Crippen LogP contribution in [0.25, 0.3) is 44.5 Å². The van der Waals surface area contributed by atoms with Crippen LogP contribution < -0.4 is 0 Å². The van der Waals surface area contributed by atoms with Gasteiger partial charge in [-0.2, -0.15) is 0 Å². The molecule has 0 unspecified atom stereocenters. The first kappa shape index (κ1) is 25.5. The van der Waals surface area contributed by atoms with Gasteiger partial charge in [-0.1, -0.05) is 36.4 Å².